The number of halogens is 3. The summed E-state index contributed by atoms with van der Waals surface area (Å²) < 4.78 is 40.9. The first-order valence-corrected chi connectivity index (χ1v) is 13.1. The predicted octanol–water partition coefficient (Wildman–Crippen LogP) is 9.22. The van der Waals surface area contributed by atoms with Crippen LogP contribution in [0.15, 0.2) is 78.2 Å². The van der Waals surface area contributed by atoms with E-state index in [0.29, 0.717) is 0 Å². The van der Waals surface area contributed by atoms with Crippen LogP contribution in [0.3, 0.4) is 0 Å². The molecule has 4 rings (SSSR count). The molecule has 0 saturated heterocycles. The highest BCUT2D eigenvalue weighted by molar-refractivity contribution is 5.67. The minimum Gasteiger partial charge on any atom is -0.378 e. The van der Waals surface area contributed by atoms with Crippen molar-refractivity contribution in [2.24, 2.45) is 0 Å². The lowest BCUT2D eigenvalue weighted by Crippen LogP contribution is -2.31. The molecule has 1 heterocycles. The maximum atomic E-state index is 13.6. The van der Waals surface area contributed by atoms with E-state index in [1.54, 1.807) is 12.1 Å². The maximum absolute atomic E-state index is 13.6. The maximum Gasteiger partial charge on any atom is 0.416 e. The van der Waals surface area contributed by atoms with E-state index in [2.05, 4.69) is 31.1 Å². The average Bonchev–Trinajstić information content (AvgIpc) is 2.87. The molecule has 0 bridgehead atoms. The van der Waals surface area contributed by atoms with Gasteiger partial charge in [-0.1, -0.05) is 88.6 Å². The van der Waals surface area contributed by atoms with Crippen molar-refractivity contribution in [3.63, 3.8) is 0 Å². The van der Waals surface area contributed by atoms with Crippen LogP contribution in [0.5, 0.6) is 0 Å². The number of hydrogen-bond donors (Lipinski definition) is 2. The van der Waals surface area contributed by atoms with Gasteiger partial charge in [0.25, 0.3) is 0 Å². The third-order valence-corrected chi connectivity index (χ3v) is 6.77. The van der Waals surface area contributed by atoms with Gasteiger partial charge in [0, 0.05) is 22.7 Å². The smallest absolute Gasteiger partial charge is 0.378 e. The Morgan fingerprint density at radius 1 is 0.972 bits per heavy atom. The number of aryl methyl sites for hydroxylation is 1. The summed E-state index contributed by atoms with van der Waals surface area (Å²) in [7, 11) is 0. The minimum atomic E-state index is -4.40. The van der Waals surface area contributed by atoms with Crippen LogP contribution in [0.2, 0.25) is 0 Å². The number of alkyl halides is 3. The van der Waals surface area contributed by atoms with Gasteiger partial charge in [-0.25, -0.2) is 0 Å². The van der Waals surface area contributed by atoms with Crippen LogP contribution >= 0.6 is 0 Å². The average molecular weight is 497 g/mol. The van der Waals surface area contributed by atoms with E-state index in [1.165, 1.54) is 31.7 Å². The van der Waals surface area contributed by atoms with E-state index < -0.39 is 17.8 Å². The van der Waals surface area contributed by atoms with Crippen LogP contribution in [0.25, 0.3) is 5.70 Å². The van der Waals surface area contributed by atoms with Crippen LogP contribution in [0.1, 0.15) is 93.5 Å². The van der Waals surface area contributed by atoms with Crippen molar-refractivity contribution in [3.05, 3.63) is 100 Å². The fourth-order valence-electron chi connectivity index (χ4n) is 4.81. The molecule has 0 spiro atoms. The number of allylic oxidation sites excluding steroid dienone is 2. The van der Waals surface area contributed by atoms with Gasteiger partial charge in [0.1, 0.15) is 0 Å². The highest BCUT2D eigenvalue weighted by Crippen LogP contribution is 2.39. The predicted molar refractivity (Wildman–Crippen MR) is 144 cm³/mol. The summed E-state index contributed by atoms with van der Waals surface area (Å²) in [5.41, 5.74) is 5.53. The lowest BCUT2D eigenvalue weighted by atomic mass is 9.87. The Kier molecular flexibility index (Phi) is 9.86. The lowest BCUT2D eigenvalue weighted by Gasteiger charge is -2.34. The van der Waals surface area contributed by atoms with Crippen LogP contribution in [0, 0.1) is 6.92 Å². The van der Waals surface area contributed by atoms with Crippen molar-refractivity contribution < 1.29 is 13.2 Å². The number of rotatable bonds is 7. The first-order valence-electron chi connectivity index (χ1n) is 13.1. The molecule has 2 N–H and O–H groups in total. The molecule has 1 aliphatic carbocycles. The van der Waals surface area contributed by atoms with Gasteiger partial charge in [0.05, 0.1) is 11.6 Å². The Hall–Kier alpha value is -2.95. The molecule has 1 aliphatic heterocycles. The lowest BCUT2D eigenvalue weighted by molar-refractivity contribution is -0.138. The van der Waals surface area contributed by atoms with E-state index in [9.17, 15) is 13.2 Å². The molecule has 2 aromatic rings. The van der Waals surface area contributed by atoms with Crippen LogP contribution < -0.4 is 10.6 Å². The number of hydrogen-bond acceptors (Lipinski definition) is 2. The monoisotopic (exact) mass is 496 g/mol. The van der Waals surface area contributed by atoms with Gasteiger partial charge in [0.15, 0.2) is 0 Å². The highest BCUT2D eigenvalue weighted by Gasteiger charge is 2.36. The second kappa shape index (κ2) is 12.8. The van der Waals surface area contributed by atoms with Gasteiger partial charge >= 0.3 is 6.18 Å². The van der Waals surface area contributed by atoms with Crippen molar-refractivity contribution in [2.45, 2.75) is 84.4 Å². The van der Waals surface area contributed by atoms with Gasteiger partial charge in [-0.05, 0) is 61.4 Å². The summed E-state index contributed by atoms with van der Waals surface area (Å²) in [5, 5.41) is 6.79. The van der Waals surface area contributed by atoms with Crippen molar-refractivity contribution in [3.8, 4) is 0 Å². The molecule has 194 valence electrons. The summed E-state index contributed by atoms with van der Waals surface area (Å²) in [6.07, 6.45) is 6.86. The summed E-state index contributed by atoms with van der Waals surface area (Å²) >= 11 is 0. The Labute approximate surface area is 214 Å². The summed E-state index contributed by atoms with van der Waals surface area (Å²) in [6, 6.07) is 13.2. The molecule has 1 atom stereocenters. The third-order valence-electron chi connectivity index (χ3n) is 6.77. The topological polar surface area (TPSA) is 24.1 Å². The number of dihydropyridines is 1. The van der Waals surface area contributed by atoms with Crippen LogP contribution in [-0.2, 0) is 6.18 Å². The Morgan fingerprint density at radius 2 is 1.61 bits per heavy atom. The van der Waals surface area contributed by atoms with Crippen molar-refractivity contribution >= 4 is 5.70 Å². The van der Waals surface area contributed by atoms with E-state index >= 15 is 0 Å². The van der Waals surface area contributed by atoms with E-state index in [0.717, 1.165) is 65.5 Å². The molecule has 5 heteroatoms. The molecular formula is C31H39F3N2. The zero-order valence-electron chi connectivity index (χ0n) is 21.8. The molecule has 0 saturated carbocycles. The molecular weight excluding hydrogens is 457 g/mol. The van der Waals surface area contributed by atoms with Gasteiger partial charge in [0.2, 0.25) is 0 Å². The number of benzene rings is 2. The largest absolute Gasteiger partial charge is 0.416 e. The number of nitrogens with one attached hydrogen (secondary N) is 2. The van der Waals surface area contributed by atoms with Gasteiger partial charge in [-0.3, -0.25) is 0 Å². The quantitative estimate of drug-likeness (QED) is 0.373. The SMILES string of the molecule is C=C(NC1=CC(c2ccccc2C(F)(F)F)NC2=C1CCCC2)c1ccccc1C.CCCCCC. The summed E-state index contributed by atoms with van der Waals surface area (Å²) in [4.78, 5) is 0. The normalized spacial score (nSPS) is 17.3. The molecule has 0 aromatic heterocycles. The van der Waals surface area contributed by atoms with Gasteiger partial charge in [-0.15, -0.1) is 0 Å². The van der Waals surface area contributed by atoms with Crippen LogP contribution in [-0.4, -0.2) is 0 Å². The molecule has 0 radical (unpaired) electrons. The Balaban J connectivity index is 0.000000538. The van der Waals surface area contributed by atoms with Gasteiger partial charge in [-0.2, -0.15) is 13.2 Å². The van der Waals surface area contributed by atoms with Crippen molar-refractivity contribution in [1.82, 2.24) is 10.6 Å². The molecule has 2 nitrogen and oxygen atoms in total. The molecule has 0 fully saturated rings. The van der Waals surface area contributed by atoms with Crippen molar-refractivity contribution in [1.29, 1.82) is 0 Å². The Bertz CT molecular complexity index is 1090. The summed E-state index contributed by atoms with van der Waals surface area (Å²) in [6.45, 7) is 10.7. The number of unbranched alkanes of at least 4 members (excludes halogenated alkanes) is 3. The highest BCUT2D eigenvalue weighted by atomic mass is 19.4. The second-order valence-corrected chi connectivity index (χ2v) is 9.58. The van der Waals surface area contributed by atoms with E-state index in [-0.39, 0.29) is 5.56 Å². The van der Waals surface area contributed by atoms with Crippen molar-refractivity contribution in [2.75, 3.05) is 0 Å². The molecule has 0 amide bonds. The Morgan fingerprint density at radius 3 is 2.28 bits per heavy atom. The van der Waals surface area contributed by atoms with Crippen LogP contribution in [0.4, 0.5) is 13.2 Å². The fraction of sp³-hybridized carbons (Fsp3) is 0.419. The first kappa shape index (κ1) is 27.6. The summed E-state index contributed by atoms with van der Waals surface area (Å²) in [5.74, 6) is 0. The standard InChI is InChI=1S/C25H25F3N2.C6H14/c1-16-9-3-4-10-18(16)17(2)29-24-15-23(30-22-14-8-6-12-20(22)24)19-11-5-7-13-21(19)25(26,27)28;1-3-5-6-4-2/h3-5,7,9-11,13,15,23,29-30H,2,6,8,12,14H2,1H3;3-6H2,1-2H3. The molecule has 2 aromatic carbocycles. The molecule has 36 heavy (non-hydrogen) atoms. The molecule has 1 unspecified atom stereocenters. The first-order chi connectivity index (χ1) is 17.3. The minimum absolute atomic E-state index is 0.239. The van der Waals surface area contributed by atoms with E-state index in [1.807, 2.05) is 37.3 Å². The third kappa shape index (κ3) is 7.05. The van der Waals surface area contributed by atoms with Gasteiger partial charge < -0.3 is 10.6 Å². The fourth-order valence-corrected chi connectivity index (χ4v) is 4.81. The zero-order chi connectivity index (χ0) is 26.1. The molecule has 2 aliphatic rings. The van der Waals surface area contributed by atoms with E-state index in [4.69, 9.17) is 0 Å². The zero-order valence-corrected chi connectivity index (χ0v) is 21.8. The second-order valence-electron chi connectivity index (χ2n) is 9.58.